The molecule has 0 N–H and O–H groups in total. The monoisotopic (exact) mass is 307 g/mol. The minimum absolute atomic E-state index is 0.571. The maximum absolute atomic E-state index is 4.69. The van der Waals surface area contributed by atoms with E-state index in [-0.39, 0.29) is 0 Å². The summed E-state index contributed by atoms with van der Waals surface area (Å²) in [5.74, 6) is 1.43. The molecule has 2 aromatic rings. The largest absolute Gasteiger partial charge is 0.341 e. The average Bonchev–Trinajstić information content (AvgIpc) is 2.61. The standard InChI is InChI=1S/C20H25N3/c1-16(2)18-9-6-17(7-10-18)8-11-19-12-13-21-20(22-19)23-14-4-3-5-15-23/h6-13,16H,3-5,14-15H2,1-2H3/b11-8+. The van der Waals surface area contributed by atoms with Crippen molar-refractivity contribution in [3.63, 3.8) is 0 Å². The van der Waals surface area contributed by atoms with Crippen LogP contribution in [0.2, 0.25) is 0 Å². The third-order valence-electron chi connectivity index (χ3n) is 4.35. The van der Waals surface area contributed by atoms with Gasteiger partial charge in [-0.15, -0.1) is 0 Å². The molecule has 3 heteroatoms. The summed E-state index contributed by atoms with van der Waals surface area (Å²) >= 11 is 0. The molecular formula is C20H25N3. The van der Waals surface area contributed by atoms with E-state index in [4.69, 9.17) is 0 Å². The number of nitrogens with zero attached hydrogens (tertiary/aromatic N) is 3. The predicted molar refractivity (Wildman–Crippen MR) is 97.6 cm³/mol. The van der Waals surface area contributed by atoms with E-state index in [1.54, 1.807) is 0 Å². The molecule has 0 unspecified atom stereocenters. The van der Waals surface area contributed by atoms with Crippen LogP contribution in [0.3, 0.4) is 0 Å². The summed E-state index contributed by atoms with van der Waals surface area (Å²) in [4.78, 5) is 11.4. The first-order valence-electron chi connectivity index (χ1n) is 8.58. The van der Waals surface area contributed by atoms with Crippen molar-refractivity contribution >= 4 is 18.1 Å². The Kier molecular flexibility index (Phi) is 5.06. The van der Waals surface area contributed by atoms with Crippen molar-refractivity contribution < 1.29 is 0 Å². The Bertz CT molecular complexity index is 653. The maximum Gasteiger partial charge on any atom is 0.225 e. The van der Waals surface area contributed by atoms with Crippen LogP contribution in [0.15, 0.2) is 36.5 Å². The fraction of sp³-hybridized carbons (Fsp3) is 0.400. The summed E-state index contributed by atoms with van der Waals surface area (Å²) in [7, 11) is 0. The van der Waals surface area contributed by atoms with Crippen molar-refractivity contribution in [2.24, 2.45) is 0 Å². The Morgan fingerprint density at radius 2 is 1.70 bits per heavy atom. The molecule has 0 atom stereocenters. The van der Waals surface area contributed by atoms with Gasteiger partial charge < -0.3 is 4.90 Å². The average molecular weight is 307 g/mol. The lowest BCUT2D eigenvalue weighted by molar-refractivity contribution is 0.568. The lowest BCUT2D eigenvalue weighted by atomic mass is 10.0. The van der Waals surface area contributed by atoms with Crippen molar-refractivity contribution in [1.29, 1.82) is 0 Å². The third-order valence-corrected chi connectivity index (χ3v) is 4.35. The smallest absolute Gasteiger partial charge is 0.225 e. The zero-order valence-corrected chi connectivity index (χ0v) is 14.1. The molecule has 3 rings (SSSR count). The molecule has 0 bridgehead atoms. The highest BCUT2D eigenvalue weighted by molar-refractivity contribution is 5.68. The van der Waals surface area contributed by atoms with E-state index in [2.05, 4.69) is 65.1 Å². The van der Waals surface area contributed by atoms with Gasteiger partial charge in [0.25, 0.3) is 0 Å². The van der Waals surface area contributed by atoms with Crippen LogP contribution in [-0.2, 0) is 0 Å². The van der Waals surface area contributed by atoms with E-state index < -0.39 is 0 Å². The molecule has 0 amide bonds. The van der Waals surface area contributed by atoms with E-state index >= 15 is 0 Å². The van der Waals surface area contributed by atoms with Crippen LogP contribution >= 0.6 is 0 Å². The lowest BCUT2D eigenvalue weighted by Crippen LogP contribution is -2.31. The predicted octanol–water partition coefficient (Wildman–Crippen LogP) is 4.76. The second-order valence-electron chi connectivity index (χ2n) is 6.48. The Balaban J connectivity index is 1.71. The fourth-order valence-corrected chi connectivity index (χ4v) is 2.87. The number of hydrogen-bond acceptors (Lipinski definition) is 3. The summed E-state index contributed by atoms with van der Waals surface area (Å²) in [6.07, 6.45) is 9.85. The van der Waals surface area contributed by atoms with Crippen molar-refractivity contribution in [3.8, 4) is 0 Å². The van der Waals surface area contributed by atoms with Gasteiger partial charge in [0.1, 0.15) is 0 Å². The maximum atomic E-state index is 4.69. The summed E-state index contributed by atoms with van der Waals surface area (Å²) in [6, 6.07) is 10.7. The van der Waals surface area contributed by atoms with Crippen molar-refractivity contribution in [2.75, 3.05) is 18.0 Å². The second-order valence-corrected chi connectivity index (χ2v) is 6.48. The van der Waals surface area contributed by atoms with Gasteiger partial charge in [-0.1, -0.05) is 44.2 Å². The zero-order valence-electron chi connectivity index (χ0n) is 14.1. The van der Waals surface area contributed by atoms with Crippen LogP contribution in [0.5, 0.6) is 0 Å². The third kappa shape index (κ3) is 4.19. The van der Waals surface area contributed by atoms with Gasteiger partial charge in [0.2, 0.25) is 5.95 Å². The fourth-order valence-electron chi connectivity index (χ4n) is 2.87. The summed E-state index contributed by atoms with van der Waals surface area (Å²) in [5, 5.41) is 0. The van der Waals surface area contributed by atoms with Crippen LogP contribution in [0.25, 0.3) is 12.2 Å². The Morgan fingerprint density at radius 1 is 0.957 bits per heavy atom. The second kappa shape index (κ2) is 7.40. The highest BCUT2D eigenvalue weighted by atomic mass is 15.2. The van der Waals surface area contributed by atoms with E-state index in [1.165, 1.54) is 30.4 Å². The highest BCUT2D eigenvalue weighted by Crippen LogP contribution is 2.18. The Morgan fingerprint density at radius 3 is 2.39 bits per heavy atom. The van der Waals surface area contributed by atoms with E-state index in [9.17, 15) is 0 Å². The van der Waals surface area contributed by atoms with E-state index in [0.29, 0.717) is 5.92 Å². The van der Waals surface area contributed by atoms with Crippen LogP contribution in [0.4, 0.5) is 5.95 Å². The molecule has 1 aromatic heterocycles. The molecule has 1 fully saturated rings. The molecule has 1 aromatic carbocycles. The van der Waals surface area contributed by atoms with E-state index in [1.807, 2.05) is 12.3 Å². The number of anilines is 1. The van der Waals surface area contributed by atoms with Gasteiger partial charge in [0.05, 0.1) is 5.69 Å². The number of rotatable bonds is 4. The molecule has 1 aliphatic heterocycles. The SMILES string of the molecule is CC(C)c1ccc(/C=C/c2ccnc(N3CCCCC3)n2)cc1. The molecular weight excluding hydrogens is 282 g/mol. The van der Waals surface area contributed by atoms with Crippen molar-refractivity contribution in [2.45, 2.75) is 39.0 Å². The zero-order chi connectivity index (χ0) is 16.1. The highest BCUT2D eigenvalue weighted by Gasteiger charge is 2.12. The first-order chi connectivity index (χ1) is 11.2. The molecule has 2 heterocycles. The number of benzene rings is 1. The molecule has 120 valence electrons. The van der Waals surface area contributed by atoms with Crippen LogP contribution in [-0.4, -0.2) is 23.1 Å². The first kappa shape index (κ1) is 15.7. The molecule has 1 aliphatic rings. The normalized spacial score (nSPS) is 15.5. The quantitative estimate of drug-likeness (QED) is 0.815. The first-order valence-corrected chi connectivity index (χ1v) is 8.58. The summed E-state index contributed by atoms with van der Waals surface area (Å²) in [5.41, 5.74) is 3.54. The molecule has 0 radical (unpaired) electrons. The van der Waals surface area contributed by atoms with Crippen LogP contribution < -0.4 is 4.90 Å². The minimum Gasteiger partial charge on any atom is -0.341 e. The molecule has 0 aliphatic carbocycles. The Labute approximate surface area is 139 Å². The molecule has 0 spiro atoms. The molecule has 3 nitrogen and oxygen atoms in total. The van der Waals surface area contributed by atoms with Gasteiger partial charge in [-0.3, -0.25) is 0 Å². The topological polar surface area (TPSA) is 29.0 Å². The van der Waals surface area contributed by atoms with Crippen LogP contribution in [0, 0.1) is 0 Å². The van der Waals surface area contributed by atoms with Gasteiger partial charge in [0.15, 0.2) is 0 Å². The van der Waals surface area contributed by atoms with Gasteiger partial charge in [0, 0.05) is 19.3 Å². The minimum atomic E-state index is 0.571. The van der Waals surface area contributed by atoms with Gasteiger partial charge in [-0.2, -0.15) is 0 Å². The number of aromatic nitrogens is 2. The van der Waals surface area contributed by atoms with Gasteiger partial charge in [-0.25, -0.2) is 9.97 Å². The molecule has 23 heavy (non-hydrogen) atoms. The Hall–Kier alpha value is -2.16. The number of hydrogen-bond donors (Lipinski definition) is 0. The van der Waals surface area contributed by atoms with Gasteiger partial charge in [-0.05, 0) is 48.4 Å². The summed E-state index contributed by atoms with van der Waals surface area (Å²) in [6.45, 7) is 6.58. The van der Waals surface area contributed by atoms with Crippen LogP contribution in [0.1, 0.15) is 55.8 Å². The number of piperidine rings is 1. The molecule has 1 saturated heterocycles. The molecule has 0 saturated carbocycles. The van der Waals surface area contributed by atoms with Crippen molar-refractivity contribution in [1.82, 2.24) is 9.97 Å². The van der Waals surface area contributed by atoms with E-state index in [0.717, 1.165) is 24.7 Å². The summed E-state index contributed by atoms with van der Waals surface area (Å²) < 4.78 is 0. The van der Waals surface area contributed by atoms with Crippen molar-refractivity contribution in [3.05, 3.63) is 53.3 Å². The van der Waals surface area contributed by atoms with Gasteiger partial charge >= 0.3 is 0 Å². The lowest BCUT2D eigenvalue weighted by Gasteiger charge is -2.26.